The van der Waals surface area contributed by atoms with Gasteiger partial charge in [-0.1, -0.05) is 25.7 Å². The third-order valence-corrected chi connectivity index (χ3v) is 5.13. The molecule has 1 saturated carbocycles. The number of hydrogen-bond acceptors (Lipinski definition) is 4. The van der Waals surface area contributed by atoms with Gasteiger partial charge in [0.2, 0.25) is 5.91 Å². The van der Waals surface area contributed by atoms with Crippen molar-refractivity contribution in [3.63, 3.8) is 0 Å². The maximum absolute atomic E-state index is 12.7. The lowest BCUT2D eigenvalue weighted by molar-refractivity contribution is -0.141. The first-order valence-electron chi connectivity index (χ1n) is 10.3. The van der Waals surface area contributed by atoms with Crippen molar-refractivity contribution < 1.29 is 14.3 Å². The third kappa shape index (κ3) is 9.43. The number of aliphatic imine (C=N–C) groups is 1. The Morgan fingerprint density at radius 1 is 1.07 bits per heavy atom. The van der Waals surface area contributed by atoms with E-state index in [1.165, 1.54) is 7.11 Å². The molecule has 1 fully saturated rings. The standard InChI is InChI=1S/C20H38N4O3.HI/c1-5-21-19(22-15-11-7-6-8-12-17(25)27-4)23-16-20(13-9-10-14-20)18(26)24(2)3;/h5-16H2,1-4H3,(H2,21,22,23);1H. The number of nitrogens with zero attached hydrogens (tertiary/aromatic N) is 2. The van der Waals surface area contributed by atoms with Crippen LogP contribution >= 0.6 is 24.0 Å². The first-order chi connectivity index (χ1) is 12.9. The summed E-state index contributed by atoms with van der Waals surface area (Å²) in [5.41, 5.74) is -0.334. The molecular formula is C20H39IN4O3. The molecule has 164 valence electrons. The van der Waals surface area contributed by atoms with Crippen LogP contribution in [0, 0.1) is 5.41 Å². The Kier molecular flexibility index (Phi) is 14.3. The van der Waals surface area contributed by atoms with Gasteiger partial charge in [0.05, 0.1) is 19.1 Å². The van der Waals surface area contributed by atoms with E-state index in [1.54, 1.807) is 4.90 Å². The largest absolute Gasteiger partial charge is 0.469 e. The van der Waals surface area contributed by atoms with Crippen LogP contribution in [-0.4, -0.2) is 63.6 Å². The molecule has 0 atom stereocenters. The van der Waals surface area contributed by atoms with Gasteiger partial charge in [0.15, 0.2) is 5.96 Å². The summed E-state index contributed by atoms with van der Waals surface area (Å²) in [6, 6.07) is 0. The van der Waals surface area contributed by atoms with Crippen LogP contribution in [0.25, 0.3) is 0 Å². The third-order valence-electron chi connectivity index (χ3n) is 5.13. The molecule has 1 aliphatic rings. The van der Waals surface area contributed by atoms with Crippen molar-refractivity contribution >= 4 is 41.8 Å². The molecule has 0 saturated heterocycles. The zero-order valence-electron chi connectivity index (χ0n) is 18.0. The van der Waals surface area contributed by atoms with Gasteiger partial charge in [-0.05, 0) is 32.6 Å². The number of nitrogens with one attached hydrogen (secondary N) is 2. The van der Waals surface area contributed by atoms with Crippen molar-refractivity contribution in [1.82, 2.24) is 15.5 Å². The fourth-order valence-corrected chi connectivity index (χ4v) is 3.59. The summed E-state index contributed by atoms with van der Waals surface area (Å²) < 4.78 is 4.64. The van der Waals surface area contributed by atoms with E-state index in [0.29, 0.717) is 13.0 Å². The molecule has 0 aromatic carbocycles. The monoisotopic (exact) mass is 510 g/mol. The Morgan fingerprint density at radius 2 is 1.71 bits per heavy atom. The van der Waals surface area contributed by atoms with Crippen molar-refractivity contribution in [3.05, 3.63) is 0 Å². The Balaban J connectivity index is 0.00000729. The van der Waals surface area contributed by atoms with Crippen LogP contribution in [0.15, 0.2) is 4.99 Å². The van der Waals surface area contributed by atoms with E-state index in [2.05, 4.69) is 15.4 Å². The summed E-state index contributed by atoms with van der Waals surface area (Å²) >= 11 is 0. The fraction of sp³-hybridized carbons (Fsp3) is 0.850. The molecular weight excluding hydrogens is 471 g/mol. The van der Waals surface area contributed by atoms with Crippen molar-refractivity contribution in [1.29, 1.82) is 0 Å². The molecule has 1 rings (SSSR count). The molecule has 0 heterocycles. The Morgan fingerprint density at radius 3 is 2.29 bits per heavy atom. The number of esters is 1. The Hall–Kier alpha value is -1.06. The van der Waals surface area contributed by atoms with Gasteiger partial charge in [-0.25, -0.2) is 0 Å². The summed E-state index contributed by atoms with van der Waals surface area (Å²) in [6.07, 6.45) is 8.52. The first kappa shape index (κ1) is 26.9. The number of hydrogen-bond donors (Lipinski definition) is 2. The van der Waals surface area contributed by atoms with Gasteiger partial charge in [-0.15, -0.1) is 24.0 Å². The SMILES string of the molecule is CCNC(=NCC1(C(=O)N(C)C)CCCC1)NCCCCCCC(=O)OC.I. The molecule has 0 aliphatic heterocycles. The molecule has 0 aromatic heterocycles. The number of carbonyl (C=O) groups excluding carboxylic acids is 2. The number of guanidine groups is 1. The summed E-state index contributed by atoms with van der Waals surface area (Å²) in [7, 11) is 5.08. The lowest BCUT2D eigenvalue weighted by atomic mass is 9.85. The van der Waals surface area contributed by atoms with Gasteiger partial charge >= 0.3 is 5.97 Å². The number of unbranched alkanes of at least 4 members (excludes halogenated alkanes) is 3. The number of halogens is 1. The van der Waals surface area contributed by atoms with Crippen LogP contribution in [-0.2, 0) is 14.3 Å². The minimum atomic E-state index is -0.334. The quantitative estimate of drug-likeness (QED) is 0.147. The van der Waals surface area contributed by atoms with Crippen LogP contribution < -0.4 is 10.6 Å². The highest BCUT2D eigenvalue weighted by atomic mass is 127. The van der Waals surface area contributed by atoms with E-state index in [0.717, 1.165) is 70.4 Å². The summed E-state index contributed by atoms with van der Waals surface area (Å²) in [5, 5.41) is 6.63. The molecule has 1 aliphatic carbocycles. The van der Waals surface area contributed by atoms with Crippen LogP contribution in [0.4, 0.5) is 0 Å². The summed E-state index contributed by atoms with van der Waals surface area (Å²) in [5.74, 6) is 0.845. The van der Waals surface area contributed by atoms with Gasteiger partial charge in [0.1, 0.15) is 0 Å². The molecule has 2 N–H and O–H groups in total. The van der Waals surface area contributed by atoms with Crippen LogP contribution in [0.3, 0.4) is 0 Å². The van der Waals surface area contributed by atoms with E-state index < -0.39 is 0 Å². The lowest BCUT2D eigenvalue weighted by Crippen LogP contribution is -2.43. The second-order valence-corrected chi connectivity index (χ2v) is 7.55. The maximum atomic E-state index is 12.7. The predicted octanol–water partition coefficient (Wildman–Crippen LogP) is 2.93. The average molecular weight is 510 g/mol. The van der Waals surface area contributed by atoms with Crippen molar-refractivity contribution in [2.45, 2.75) is 64.7 Å². The fourth-order valence-electron chi connectivity index (χ4n) is 3.59. The Bertz CT molecular complexity index is 492. The molecule has 0 radical (unpaired) electrons. The second kappa shape index (κ2) is 14.9. The number of ether oxygens (including phenoxy) is 1. The van der Waals surface area contributed by atoms with Gasteiger partial charge in [-0.3, -0.25) is 14.6 Å². The van der Waals surface area contributed by atoms with Crippen molar-refractivity contribution in [2.75, 3.05) is 40.8 Å². The van der Waals surface area contributed by atoms with Gasteiger partial charge in [0, 0.05) is 33.6 Å². The minimum Gasteiger partial charge on any atom is -0.469 e. The number of carbonyl (C=O) groups is 2. The number of rotatable bonds is 11. The number of amides is 1. The molecule has 7 nitrogen and oxygen atoms in total. The van der Waals surface area contributed by atoms with Gasteiger partial charge in [-0.2, -0.15) is 0 Å². The minimum absolute atomic E-state index is 0. The maximum Gasteiger partial charge on any atom is 0.305 e. The zero-order chi connectivity index (χ0) is 20.1. The summed E-state index contributed by atoms with van der Waals surface area (Å²) in [4.78, 5) is 30.2. The normalized spacial score (nSPS) is 15.5. The van der Waals surface area contributed by atoms with Crippen molar-refractivity contribution in [3.8, 4) is 0 Å². The van der Waals surface area contributed by atoms with E-state index in [9.17, 15) is 9.59 Å². The highest BCUT2D eigenvalue weighted by Gasteiger charge is 2.41. The van der Waals surface area contributed by atoms with Gasteiger partial charge in [0.25, 0.3) is 0 Å². The summed E-state index contributed by atoms with van der Waals surface area (Å²) in [6.45, 7) is 4.21. The molecule has 28 heavy (non-hydrogen) atoms. The van der Waals surface area contributed by atoms with E-state index in [1.807, 2.05) is 21.0 Å². The molecule has 8 heteroatoms. The van der Waals surface area contributed by atoms with Crippen LogP contribution in [0.5, 0.6) is 0 Å². The second-order valence-electron chi connectivity index (χ2n) is 7.55. The highest BCUT2D eigenvalue weighted by molar-refractivity contribution is 14.0. The molecule has 0 spiro atoms. The number of methoxy groups -OCH3 is 1. The lowest BCUT2D eigenvalue weighted by Gasteiger charge is -2.29. The van der Waals surface area contributed by atoms with Gasteiger partial charge < -0.3 is 20.3 Å². The van der Waals surface area contributed by atoms with Crippen LogP contribution in [0.2, 0.25) is 0 Å². The first-order valence-corrected chi connectivity index (χ1v) is 10.3. The van der Waals surface area contributed by atoms with Crippen LogP contribution in [0.1, 0.15) is 64.7 Å². The smallest absolute Gasteiger partial charge is 0.305 e. The topological polar surface area (TPSA) is 83.0 Å². The molecule has 1 amide bonds. The molecule has 0 bridgehead atoms. The zero-order valence-corrected chi connectivity index (χ0v) is 20.3. The van der Waals surface area contributed by atoms with E-state index in [4.69, 9.17) is 4.99 Å². The molecule has 0 unspecified atom stereocenters. The van der Waals surface area contributed by atoms with Crippen molar-refractivity contribution in [2.24, 2.45) is 10.4 Å². The van der Waals surface area contributed by atoms with E-state index >= 15 is 0 Å². The predicted molar refractivity (Wildman–Crippen MR) is 124 cm³/mol. The highest BCUT2D eigenvalue weighted by Crippen LogP contribution is 2.39. The van der Waals surface area contributed by atoms with E-state index in [-0.39, 0.29) is 41.3 Å². The Labute approximate surface area is 187 Å². The molecule has 0 aromatic rings. The average Bonchev–Trinajstić information content (AvgIpc) is 3.14.